The smallest absolute Gasteiger partial charge is 0.171 e. The molecule has 2 heterocycles. The Morgan fingerprint density at radius 2 is 2.07 bits per heavy atom. The summed E-state index contributed by atoms with van der Waals surface area (Å²) in [5, 5.41) is 0. The van der Waals surface area contributed by atoms with Crippen LogP contribution >= 0.6 is 0 Å². The molecule has 1 aliphatic rings. The SMILES string of the molecule is C#Cc1cncc([N+]2(N)CCCC2)c1. The molecule has 0 aromatic carbocycles. The molecular weight excluding hydrogens is 174 g/mol. The number of pyridine rings is 1. The van der Waals surface area contributed by atoms with Gasteiger partial charge in [0.2, 0.25) is 0 Å². The third-order valence-electron chi connectivity index (χ3n) is 2.77. The molecule has 0 saturated carbocycles. The van der Waals surface area contributed by atoms with Crippen LogP contribution < -0.4 is 10.4 Å². The van der Waals surface area contributed by atoms with Crippen molar-refractivity contribution in [2.24, 2.45) is 5.84 Å². The topological polar surface area (TPSA) is 38.9 Å². The minimum atomic E-state index is 0.489. The van der Waals surface area contributed by atoms with Crippen molar-refractivity contribution < 1.29 is 0 Å². The van der Waals surface area contributed by atoms with Crippen molar-refractivity contribution in [1.29, 1.82) is 0 Å². The normalized spacial score (nSPS) is 19.1. The molecule has 1 saturated heterocycles. The van der Waals surface area contributed by atoms with Crippen molar-refractivity contribution >= 4 is 5.69 Å². The Kier molecular flexibility index (Phi) is 2.24. The van der Waals surface area contributed by atoms with E-state index in [-0.39, 0.29) is 0 Å². The maximum absolute atomic E-state index is 6.23. The number of terminal acetylenes is 1. The van der Waals surface area contributed by atoms with Gasteiger partial charge in [-0.05, 0) is 0 Å². The second kappa shape index (κ2) is 3.41. The molecule has 1 fully saturated rings. The third-order valence-corrected chi connectivity index (χ3v) is 2.77. The van der Waals surface area contributed by atoms with Crippen LogP contribution in [0.5, 0.6) is 0 Å². The van der Waals surface area contributed by atoms with Gasteiger partial charge in [0.25, 0.3) is 0 Å². The third kappa shape index (κ3) is 1.50. The first kappa shape index (κ1) is 9.20. The molecule has 0 aliphatic carbocycles. The van der Waals surface area contributed by atoms with E-state index in [1.807, 2.05) is 12.3 Å². The number of quaternary nitrogens is 1. The predicted octanol–water partition coefficient (Wildman–Crippen LogP) is 1.04. The molecule has 3 nitrogen and oxygen atoms in total. The van der Waals surface area contributed by atoms with Crippen LogP contribution in [-0.4, -0.2) is 18.1 Å². The molecule has 0 unspecified atom stereocenters. The van der Waals surface area contributed by atoms with Gasteiger partial charge in [0, 0.05) is 30.7 Å². The Morgan fingerprint density at radius 3 is 2.71 bits per heavy atom. The summed E-state index contributed by atoms with van der Waals surface area (Å²) in [7, 11) is 0. The van der Waals surface area contributed by atoms with E-state index < -0.39 is 0 Å². The van der Waals surface area contributed by atoms with Gasteiger partial charge >= 0.3 is 0 Å². The molecule has 0 atom stereocenters. The highest BCUT2D eigenvalue weighted by Crippen LogP contribution is 2.24. The average molecular weight is 188 g/mol. The van der Waals surface area contributed by atoms with E-state index in [2.05, 4.69) is 10.9 Å². The predicted molar refractivity (Wildman–Crippen MR) is 57.1 cm³/mol. The summed E-state index contributed by atoms with van der Waals surface area (Å²) in [5.74, 6) is 8.81. The summed E-state index contributed by atoms with van der Waals surface area (Å²) in [6, 6.07) is 1.96. The molecule has 0 radical (unpaired) electrons. The molecule has 72 valence electrons. The zero-order valence-corrected chi connectivity index (χ0v) is 8.11. The van der Waals surface area contributed by atoms with Crippen LogP contribution in [0.4, 0.5) is 5.69 Å². The van der Waals surface area contributed by atoms with E-state index in [9.17, 15) is 0 Å². The quantitative estimate of drug-likeness (QED) is 0.406. The molecule has 1 aromatic rings. The zero-order valence-electron chi connectivity index (χ0n) is 8.11. The van der Waals surface area contributed by atoms with Gasteiger partial charge in [-0.1, -0.05) is 5.92 Å². The van der Waals surface area contributed by atoms with Gasteiger partial charge in [0.05, 0.1) is 6.20 Å². The monoisotopic (exact) mass is 188 g/mol. The van der Waals surface area contributed by atoms with Crippen LogP contribution in [0, 0.1) is 12.3 Å². The van der Waals surface area contributed by atoms with Gasteiger partial charge in [-0.25, -0.2) is 4.59 Å². The van der Waals surface area contributed by atoms with E-state index in [0.717, 1.165) is 24.3 Å². The molecule has 1 aliphatic heterocycles. The fourth-order valence-corrected chi connectivity index (χ4v) is 1.91. The fraction of sp³-hybridized carbons (Fsp3) is 0.364. The van der Waals surface area contributed by atoms with Crippen molar-refractivity contribution in [3.63, 3.8) is 0 Å². The lowest BCUT2D eigenvalue weighted by atomic mass is 10.2. The Balaban J connectivity index is 2.36. The summed E-state index contributed by atoms with van der Waals surface area (Å²) in [6.07, 6.45) is 11.2. The lowest BCUT2D eigenvalue weighted by Crippen LogP contribution is -2.53. The van der Waals surface area contributed by atoms with Gasteiger partial charge in [-0.2, -0.15) is 5.84 Å². The highest BCUT2D eigenvalue weighted by Gasteiger charge is 2.31. The van der Waals surface area contributed by atoms with Crippen LogP contribution in [-0.2, 0) is 0 Å². The Bertz CT molecular complexity index is 372. The maximum Gasteiger partial charge on any atom is 0.171 e. The van der Waals surface area contributed by atoms with Crippen molar-refractivity contribution in [2.45, 2.75) is 12.8 Å². The second-order valence-electron chi connectivity index (χ2n) is 3.76. The highest BCUT2D eigenvalue weighted by molar-refractivity contribution is 5.46. The first-order chi connectivity index (χ1) is 6.74. The number of hydrogen-bond acceptors (Lipinski definition) is 2. The number of hydrogen-bond donors (Lipinski definition) is 1. The van der Waals surface area contributed by atoms with Crippen LogP contribution in [0.1, 0.15) is 18.4 Å². The summed E-state index contributed by atoms with van der Waals surface area (Å²) in [5.41, 5.74) is 1.83. The van der Waals surface area contributed by atoms with E-state index >= 15 is 0 Å². The average Bonchev–Trinajstić information content (AvgIpc) is 2.67. The minimum Gasteiger partial charge on any atom is -0.257 e. The van der Waals surface area contributed by atoms with E-state index in [1.165, 1.54) is 12.8 Å². The molecular formula is C11H14N3+. The largest absolute Gasteiger partial charge is 0.257 e. The number of nitrogens with zero attached hydrogens (tertiary/aromatic N) is 2. The van der Waals surface area contributed by atoms with Gasteiger partial charge < -0.3 is 0 Å². The molecule has 1 aromatic heterocycles. The van der Waals surface area contributed by atoms with Gasteiger partial charge in [-0.15, -0.1) is 6.42 Å². The first-order valence-electron chi connectivity index (χ1n) is 4.82. The highest BCUT2D eigenvalue weighted by atomic mass is 15.6. The fourth-order valence-electron chi connectivity index (χ4n) is 1.91. The summed E-state index contributed by atoms with van der Waals surface area (Å²) in [6.45, 7) is 1.96. The lowest BCUT2D eigenvalue weighted by molar-refractivity contribution is 0.346. The Labute approximate surface area is 84.1 Å². The molecule has 3 heteroatoms. The van der Waals surface area contributed by atoms with Crippen molar-refractivity contribution in [1.82, 2.24) is 9.58 Å². The van der Waals surface area contributed by atoms with Crippen LogP contribution in [0.25, 0.3) is 0 Å². The standard InChI is InChI=1S/C11H14N3/c1-2-10-7-11(9-13-8-10)14(12)5-3-4-6-14/h1,7-9H,3-6,12H2/q+1. The molecule has 0 amide bonds. The maximum atomic E-state index is 6.23. The molecule has 14 heavy (non-hydrogen) atoms. The van der Waals surface area contributed by atoms with Crippen molar-refractivity contribution in [3.8, 4) is 12.3 Å². The first-order valence-corrected chi connectivity index (χ1v) is 4.82. The second-order valence-corrected chi connectivity index (χ2v) is 3.76. The van der Waals surface area contributed by atoms with Gasteiger partial charge in [0.15, 0.2) is 5.69 Å². The van der Waals surface area contributed by atoms with Crippen LogP contribution in [0.15, 0.2) is 18.5 Å². The number of aromatic nitrogens is 1. The van der Waals surface area contributed by atoms with Crippen molar-refractivity contribution in [3.05, 3.63) is 24.0 Å². The molecule has 0 spiro atoms. The molecule has 2 rings (SSSR count). The molecule has 2 N–H and O–H groups in total. The lowest BCUT2D eigenvalue weighted by Gasteiger charge is -2.26. The zero-order chi connectivity index (χ0) is 10.0. The van der Waals surface area contributed by atoms with E-state index in [1.54, 1.807) is 6.20 Å². The summed E-state index contributed by atoms with van der Waals surface area (Å²) >= 11 is 0. The summed E-state index contributed by atoms with van der Waals surface area (Å²) < 4.78 is 0.489. The van der Waals surface area contributed by atoms with Gasteiger partial charge in [0.1, 0.15) is 13.1 Å². The van der Waals surface area contributed by atoms with Gasteiger partial charge in [-0.3, -0.25) is 4.98 Å². The Morgan fingerprint density at radius 1 is 1.36 bits per heavy atom. The van der Waals surface area contributed by atoms with E-state index in [4.69, 9.17) is 12.3 Å². The Hall–Kier alpha value is -1.37. The number of nitrogens with two attached hydrogens (primary N) is 1. The minimum absolute atomic E-state index is 0.489. The van der Waals surface area contributed by atoms with E-state index in [0.29, 0.717) is 4.59 Å². The summed E-state index contributed by atoms with van der Waals surface area (Å²) in [4.78, 5) is 4.11. The van der Waals surface area contributed by atoms with Crippen molar-refractivity contribution in [2.75, 3.05) is 13.1 Å². The number of rotatable bonds is 1. The molecule has 0 bridgehead atoms. The van der Waals surface area contributed by atoms with Crippen LogP contribution in [0.2, 0.25) is 0 Å². The van der Waals surface area contributed by atoms with Crippen LogP contribution in [0.3, 0.4) is 0 Å².